The van der Waals surface area contributed by atoms with Crippen LogP contribution in [-0.2, 0) is 23.2 Å². The van der Waals surface area contributed by atoms with Crippen LogP contribution in [0.5, 0.6) is 5.88 Å². The van der Waals surface area contributed by atoms with Crippen molar-refractivity contribution in [3.63, 3.8) is 0 Å². The molecule has 0 saturated heterocycles. The number of aromatic nitrogens is 3. The Morgan fingerprint density at radius 1 is 0.794 bits per heavy atom. The third kappa shape index (κ3) is 3.98. The van der Waals surface area contributed by atoms with Crippen LogP contribution in [0.25, 0.3) is 5.69 Å². The van der Waals surface area contributed by atoms with Crippen LogP contribution in [0.3, 0.4) is 0 Å². The third-order valence-corrected chi connectivity index (χ3v) is 4.20. The molecule has 0 aliphatic heterocycles. The fourth-order valence-electron chi connectivity index (χ4n) is 2.74. The van der Waals surface area contributed by atoms with Gasteiger partial charge < -0.3 is 5.11 Å². The van der Waals surface area contributed by atoms with Gasteiger partial charge in [-0.25, -0.2) is 31.3 Å². The zero-order valence-corrected chi connectivity index (χ0v) is 16.6. The second-order valence-electron chi connectivity index (χ2n) is 6.20. The van der Waals surface area contributed by atoms with Crippen molar-refractivity contribution >= 4 is 5.78 Å². The monoisotopic (exact) mass is 554 g/mol. The van der Waals surface area contributed by atoms with Crippen molar-refractivity contribution in [1.82, 2.24) is 14.8 Å². The molecule has 34 heavy (non-hydrogen) atoms. The molecule has 5 nitrogen and oxygen atoms in total. The number of nitrogens with zero attached hydrogens (tertiary/aromatic N) is 3. The Morgan fingerprint density at radius 2 is 1.26 bits per heavy atom. The molecule has 0 unspecified atom stereocenters. The van der Waals surface area contributed by atoms with Gasteiger partial charge in [0.25, 0.3) is 5.95 Å². The SMILES string of the molecule is Cc1nn(-c2c(F)c(F)nc(C(F)(F)F)c2F)c(O)c1C(=O)c1c(F)c(F)c(F)c(F)c1F.[Cu]. The Bertz CT molecular complexity index is 1310. The smallest absolute Gasteiger partial charge is 0.436 e. The first kappa shape index (κ1) is 27.0. The molecular weight excluding hydrogens is 551 g/mol. The van der Waals surface area contributed by atoms with E-state index in [-0.39, 0.29) is 17.1 Å². The fraction of sp³-hybridized carbons (Fsp3) is 0.118. The van der Waals surface area contributed by atoms with Crippen LogP contribution >= 0.6 is 0 Å². The summed E-state index contributed by atoms with van der Waals surface area (Å²) >= 11 is 0. The van der Waals surface area contributed by atoms with Crippen LogP contribution in [-0.4, -0.2) is 25.7 Å². The fourth-order valence-corrected chi connectivity index (χ4v) is 2.74. The second kappa shape index (κ2) is 8.87. The molecule has 0 amide bonds. The van der Waals surface area contributed by atoms with E-state index >= 15 is 0 Å². The van der Waals surface area contributed by atoms with Crippen molar-refractivity contribution in [2.45, 2.75) is 13.1 Å². The van der Waals surface area contributed by atoms with Gasteiger partial charge in [-0.1, -0.05) is 0 Å². The first-order chi connectivity index (χ1) is 15.1. The number of hydrogen-bond donors (Lipinski definition) is 1. The summed E-state index contributed by atoms with van der Waals surface area (Å²) in [6, 6.07) is 0. The Balaban J connectivity index is 0.00000408. The summed E-state index contributed by atoms with van der Waals surface area (Å²) in [4.78, 5) is 14.5. The normalized spacial score (nSPS) is 11.5. The molecule has 3 rings (SSSR count). The van der Waals surface area contributed by atoms with Gasteiger partial charge in [0.1, 0.15) is 16.8 Å². The van der Waals surface area contributed by atoms with Gasteiger partial charge in [-0.05, 0) is 6.92 Å². The maximum Gasteiger partial charge on any atom is 0.436 e. The Kier molecular flexibility index (Phi) is 7.05. The predicted molar refractivity (Wildman–Crippen MR) is 82.3 cm³/mol. The minimum absolute atomic E-state index is 0. The number of carbonyl (C=O) groups is 1. The number of hydrogen-bond acceptors (Lipinski definition) is 4. The average molecular weight is 555 g/mol. The van der Waals surface area contributed by atoms with Crippen molar-refractivity contribution in [3.05, 3.63) is 69.2 Å². The van der Waals surface area contributed by atoms with Gasteiger partial charge in [0.15, 0.2) is 34.8 Å². The van der Waals surface area contributed by atoms with Crippen LogP contribution in [0.15, 0.2) is 0 Å². The number of aromatic hydroxyl groups is 1. The number of ketones is 1. The van der Waals surface area contributed by atoms with E-state index in [2.05, 4.69) is 10.1 Å². The quantitative estimate of drug-likeness (QED) is 0.128. The van der Waals surface area contributed by atoms with Gasteiger partial charge in [-0.3, -0.25) is 4.79 Å². The molecule has 2 heterocycles. The molecule has 187 valence electrons. The van der Waals surface area contributed by atoms with E-state index in [0.29, 0.717) is 6.92 Å². The van der Waals surface area contributed by atoms with Crippen LogP contribution in [0.2, 0.25) is 0 Å². The summed E-state index contributed by atoms with van der Waals surface area (Å²) in [6.45, 7) is 0.716. The van der Waals surface area contributed by atoms with Crippen LogP contribution in [0.4, 0.5) is 48.3 Å². The molecule has 0 spiro atoms. The van der Waals surface area contributed by atoms with Gasteiger partial charge in [-0.2, -0.15) is 31.7 Å². The van der Waals surface area contributed by atoms with E-state index in [4.69, 9.17) is 0 Å². The Morgan fingerprint density at radius 3 is 1.74 bits per heavy atom. The van der Waals surface area contributed by atoms with E-state index in [9.17, 15) is 58.2 Å². The summed E-state index contributed by atoms with van der Waals surface area (Å²) < 4.78 is 148. The standard InChI is InChI=1S/C17H4F11N3O2.Cu/c1-2-3(13(32)4-5(18)7(20)9(22)8(21)6(4)19)16(33)31(30-2)12-10(23)14(17(26,27)28)29-15(25)11(12)24;/h33H,1H3;. The summed E-state index contributed by atoms with van der Waals surface area (Å²) in [5.74, 6) is -24.5. The minimum Gasteiger partial charge on any atom is -0.493 e. The first-order valence-electron chi connectivity index (χ1n) is 8.07. The van der Waals surface area contributed by atoms with Gasteiger partial charge in [0.05, 0.1) is 5.69 Å². The minimum atomic E-state index is -5.67. The van der Waals surface area contributed by atoms with Gasteiger partial charge >= 0.3 is 6.18 Å². The number of halogens is 11. The molecule has 2 aromatic heterocycles. The second-order valence-corrected chi connectivity index (χ2v) is 6.20. The van der Waals surface area contributed by atoms with Crippen molar-refractivity contribution in [2.24, 2.45) is 0 Å². The molecule has 0 fully saturated rings. The number of aryl methyl sites for hydroxylation is 1. The zero-order valence-electron chi connectivity index (χ0n) is 15.7. The molecule has 0 aliphatic carbocycles. The third-order valence-electron chi connectivity index (χ3n) is 4.20. The van der Waals surface area contributed by atoms with Crippen LogP contribution in [0.1, 0.15) is 27.3 Å². The zero-order chi connectivity index (χ0) is 25.2. The van der Waals surface area contributed by atoms with E-state index in [1.807, 2.05) is 0 Å². The molecule has 3 aromatic rings. The largest absolute Gasteiger partial charge is 0.493 e. The summed E-state index contributed by atoms with van der Waals surface area (Å²) in [6.07, 6.45) is -5.67. The first-order valence-corrected chi connectivity index (χ1v) is 8.07. The van der Waals surface area contributed by atoms with E-state index in [1.54, 1.807) is 0 Å². The van der Waals surface area contributed by atoms with E-state index in [1.165, 1.54) is 0 Å². The number of rotatable bonds is 3. The molecule has 17 heteroatoms. The Labute approximate surface area is 190 Å². The summed E-state index contributed by atoms with van der Waals surface area (Å²) in [5.41, 5.74) is -9.04. The van der Waals surface area contributed by atoms with E-state index in [0.717, 1.165) is 0 Å². The predicted octanol–water partition coefficient (Wildman–Crippen LogP) is 4.64. The molecule has 0 atom stereocenters. The molecule has 0 aliphatic rings. The van der Waals surface area contributed by atoms with Crippen molar-refractivity contribution in [3.8, 4) is 11.6 Å². The molecule has 1 aromatic carbocycles. The van der Waals surface area contributed by atoms with Crippen LogP contribution < -0.4 is 0 Å². The number of pyridine rings is 1. The maximum atomic E-state index is 14.3. The summed E-state index contributed by atoms with van der Waals surface area (Å²) in [5, 5.41) is 13.3. The van der Waals surface area contributed by atoms with Crippen molar-refractivity contribution in [2.75, 3.05) is 0 Å². The molecule has 0 saturated carbocycles. The van der Waals surface area contributed by atoms with Gasteiger partial charge in [0.2, 0.25) is 23.3 Å². The summed E-state index contributed by atoms with van der Waals surface area (Å²) in [7, 11) is 0. The van der Waals surface area contributed by atoms with Gasteiger partial charge in [0, 0.05) is 17.1 Å². The van der Waals surface area contributed by atoms with Crippen molar-refractivity contribution < 1.29 is 75.3 Å². The van der Waals surface area contributed by atoms with Crippen LogP contribution in [0, 0.1) is 53.6 Å². The number of benzene rings is 1. The maximum absolute atomic E-state index is 14.3. The Hall–Kier alpha value is -3.20. The topological polar surface area (TPSA) is 68.0 Å². The molecule has 1 radical (unpaired) electrons. The average Bonchev–Trinajstić information content (AvgIpc) is 3.00. The molecular formula is C17H4CuF11N3O2. The van der Waals surface area contributed by atoms with Gasteiger partial charge in [-0.15, -0.1) is 0 Å². The van der Waals surface area contributed by atoms with Crippen molar-refractivity contribution in [1.29, 1.82) is 0 Å². The molecule has 0 bridgehead atoms. The number of alkyl halides is 3. The molecule has 1 N–H and O–H groups in total. The van der Waals surface area contributed by atoms with E-state index < -0.39 is 97.4 Å². The number of carbonyl (C=O) groups excluding carboxylic acids is 1.